The van der Waals surface area contributed by atoms with Crippen LogP contribution in [0.5, 0.6) is 0 Å². The second-order valence-corrected chi connectivity index (χ2v) is 5.21. The highest BCUT2D eigenvalue weighted by Gasteiger charge is 2.28. The SMILES string of the molecule is CN1CCC(C(=O)N2CCN(C)CC2)CC1. The molecule has 2 aliphatic heterocycles. The Kier molecular flexibility index (Phi) is 3.82. The van der Waals surface area contributed by atoms with E-state index < -0.39 is 0 Å². The van der Waals surface area contributed by atoms with Crippen molar-refractivity contribution < 1.29 is 4.79 Å². The average Bonchev–Trinajstić information content (AvgIpc) is 2.30. The van der Waals surface area contributed by atoms with Crippen molar-refractivity contribution in [2.24, 2.45) is 5.92 Å². The van der Waals surface area contributed by atoms with E-state index in [9.17, 15) is 4.79 Å². The van der Waals surface area contributed by atoms with Crippen LogP contribution in [0.25, 0.3) is 0 Å². The Labute approximate surface area is 98.2 Å². The second kappa shape index (κ2) is 5.15. The molecule has 4 heteroatoms. The lowest BCUT2D eigenvalue weighted by molar-refractivity contribution is -0.138. The lowest BCUT2D eigenvalue weighted by Gasteiger charge is -2.36. The number of carbonyl (C=O) groups is 1. The number of carbonyl (C=O) groups excluding carboxylic acids is 1. The van der Waals surface area contributed by atoms with Crippen LogP contribution in [0.1, 0.15) is 12.8 Å². The van der Waals surface area contributed by atoms with Crippen molar-refractivity contribution in [3.8, 4) is 0 Å². The van der Waals surface area contributed by atoms with E-state index in [1.807, 2.05) is 0 Å². The third-order valence-electron chi connectivity index (χ3n) is 3.88. The number of piperazine rings is 1. The number of rotatable bonds is 1. The molecule has 0 aromatic rings. The molecule has 2 rings (SSSR count). The van der Waals surface area contributed by atoms with Gasteiger partial charge in [-0.25, -0.2) is 0 Å². The summed E-state index contributed by atoms with van der Waals surface area (Å²) in [4.78, 5) is 18.9. The van der Waals surface area contributed by atoms with Crippen LogP contribution in [0.4, 0.5) is 0 Å². The fourth-order valence-electron chi connectivity index (χ4n) is 2.54. The molecule has 0 unspecified atom stereocenters. The lowest BCUT2D eigenvalue weighted by atomic mass is 9.95. The van der Waals surface area contributed by atoms with Gasteiger partial charge in [0.05, 0.1) is 0 Å². The summed E-state index contributed by atoms with van der Waals surface area (Å²) >= 11 is 0. The van der Waals surface area contributed by atoms with E-state index in [2.05, 4.69) is 28.8 Å². The molecule has 0 aliphatic carbocycles. The van der Waals surface area contributed by atoms with E-state index in [4.69, 9.17) is 0 Å². The first kappa shape index (κ1) is 11.9. The van der Waals surface area contributed by atoms with Gasteiger partial charge < -0.3 is 14.7 Å². The second-order valence-electron chi connectivity index (χ2n) is 5.21. The van der Waals surface area contributed by atoms with Gasteiger partial charge in [0.1, 0.15) is 0 Å². The molecule has 4 nitrogen and oxygen atoms in total. The van der Waals surface area contributed by atoms with Gasteiger partial charge in [-0.1, -0.05) is 0 Å². The Morgan fingerprint density at radius 1 is 0.875 bits per heavy atom. The molecule has 0 spiro atoms. The molecule has 2 saturated heterocycles. The predicted molar refractivity (Wildman–Crippen MR) is 64.3 cm³/mol. The summed E-state index contributed by atoms with van der Waals surface area (Å²) in [5, 5.41) is 0. The zero-order valence-corrected chi connectivity index (χ0v) is 10.5. The maximum atomic E-state index is 12.3. The normalized spacial score (nSPS) is 26.0. The average molecular weight is 225 g/mol. The minimum absolute atomic E-state index is 0.291. The van der Waals surface area contributed by atoms with Crippen LogP contribution in [0.15, 0.2) is 0 Å². The number of piperidine rings is 1. The van der Waals surface area contributed by atoms with Crippen molar-refractivity contribution in [1.29, 1.82) is 0 Å². The highest BCUT2D eigenvalue weighted by Crippen LogP contribution is 2.19. The summed E-state index contributed by atoms with van der Waals surface area (Å²) in [5.74, 6) is 0.695. The number of likely N-dealkylation sites (N-methyl/N-ethyl adjacent to an activating group) is 1. The van der Waals surface area contributed by atoms with Gasteiger partial charge in [0.2, 0.25) is 5.91 Å². The molecule has 2 heterocycles. The van der Waals surface area contributed by atoms with Crippen LogP contribution in [0.2, 0.25) is 0 Å². The highest BCUT2D eigenvalue weighted by molar-refractivity contribution is 5.79. The number of nitrogens with zero attached hydrogens (tertiary/aromatic N) is 3. The first-order valence-electron chi connectivity index (χ1n) is 6.32. The third kappa shape index (κ3) is 2.74. The van der Waals surface area contributed by atoms with Gasteiger partial charge in [-0.15, -0.1) is 0 Å². The van der Waals surface area contributed by atoms with Crippen molar-refractivity contribution in [2.75, 3.05) is 53.4 Å². The van der Waals surface area contributed by atoms with E-state index in [-0.39, 0.29) is 0 Å². The van der Waals surface area contributed by atoms with Crippen molar-refractivity contribution in [2.45, 2.75) is 12.8 Å². The standard InChI is InChI=1S/C12H23N3O/c1-13-5-3-11(4-6-13)12(16)15-9-7-14(2)8-10-15/h11H,3-10H2,1-2H3. The van der Waals surface area contributed by atoms with Crippen LogP contribution in [-0.2, 0) is 4.79 Å². The molecule has 2 fully saturated rings. The molecular weight excluding hydrogens is 202 g/mol. The van der Waals surface area contributed by atoms with E-state index in [1.165, 1.54) is 0 Å². The molecule has 0 atom stereocenters. The van der Waals surface area contributed by atoms with E-state index >= 15 is 0 Å². The number of hydrogen-bond acceptors (Lipinski definition) is 3. The number of hydrogen-bond donors (Lipinski definition) is 0. The zero-order valence-electron chi connectivity index (χ0n) is 10.5. The fraction of sp³-hybridized carbons (Fsp3) is 0.917. The van der Waals surface area contributed by atoms with Crippen molar-refractivity contribution in [1.82, 2.24) is 14.7 Å². The van der Waals surface area contributed by atoms with Gasteiger partial charge >= 0.3 is 0 Å². The van der Waals surface area contributed by atoms with Crippen LogP contribution in [0, 0.1) is 5.92 Å². The topological polar surface area (TPSA) is 26.8 Å². The van der Waals surface area contributed by atoms with Gasteiger partial charge in [0.15, 0.2) is 0 Å². The van der Waals surface area contributed by atoms with Gasteiger partial charge in [0.25, 0.3) is 0 Å². The molecule has 0 aromatic carbocycles. The van der Waals surface area contributed by atoms with Gasteiger partial charge in [-0.2, -0.15) is 0 Å². The van der Waals surface area contributed by atoms with Crippen molar-refractivity contribution in [3.05, 3.63) is 0 Å². The molecular formula is C12H23N3O. The van der Waals surface area contributed by atoms with E-state index in [1.54, 1.807) is 0 Å². The molecule has 0 bridgehead atoms. The molecule has 0 aromatic heterocycles. The monoisotopic (exact) mass is 225 g/mol. The van der Waals surface area contributed by atoms with Crippen LogP contribution in [-0.4, -0.2) is 74.0 Å². The summed E-state index contributed by atoms with van der Waals surface area (Å²) in [6.45, 7) is 6.04. The smallest absolute Gasteiger partial charge is 0.225 e. The third-order valence-corrected chi connectivity index (χ3v) is 3.88. The summed E-state index contributed by atoms with van der Waals surface area (Å²) in [7, 11) is 4.26. The van der Waals surface area contributed by atoms with Crippen molar-refractivity contribution in [3.63, 3.8) is 0 Å². The van der Waals surface area contributed by atoms with Gasteiger partial charge in [-0.05, 0) is 40.0 Å². The Bertz CT molecular complexity index is 217. The van der Waals surface area contributed by atoms with E-state index in [0.717, 1.165) is 52.1 Å². The number of amides is 1. The lowest BCUT2D eigenvalue weighted by Crippen LogP contribution is -2.50. The van der Waals surface area contributed by atoms with Crippen LogP contribution in [0.3, 0.4) is 0 Å². The molecule has 0 N–H and O–H groups in total. The maximum absolute atomic E-state index is 12.3. The summed E-state index contributed by atoms with van der Waals surface area (Å²) in [6.07, 6.45) is 2.09. The Morgan fingerprint density at radius 2 is 1.38 bits per heavy atom. The van der Waals surface area contributed by atoms with E-state index in [0.29, 0.717) is 11.8 Å². The highest BCUT2D eigenvalue weighted by atomic mass is 16.2. The first-order chi connectivity index (χ1) is 7.66. The Balaban J connectivity index is 1.83. The Morgan fingerprint density at radius 3 is 1.94 bits per heavy atom. The molecule has 16 heavy (non-hydrogen) atoms. The predicted octanol–water partition coefficient (Wildman–Crippen LogP) is 0.102. The number of likely N-dealkylation sites (tertiary alicyclic amines) is 1. The summed E-state index contributed by atoms with van der Waals surface area (Å²) in [5.41, 5.74) is 0. The molecule has 1 amide bonds. The van der Waals surface area contributed by atoms with Crippen LogP contribution >= 0.6 is 0 Å². The minimum atomic E-state index is 0.291. The van der Waals surface area contributed by atoms with Gasteiger partial charge in [-0.3, -0.25) is 4.79 Å². The quantitative estimate of drug-likeness (QED) is 0.633. The fourth-order valence-corrected chi connectivity index (χ4v) is 2.54. The molecule has 92 valence electrons. The van der Waals surface area contributed by atoms with Crippen molar-refractivity contribution >= 4 is 5.91 Å². The first-order valence-corrected chi connectivity index (χ1v) is 6.32. The Hall–Kier alpha value is -0.610. The molecule has 0 saturated carbocycles. The largest absolute Gasteiger partial charge is 0.340 e. The maximum Gasteiger partial charge on any atom is 0.225 e. The summed E-state index contributed by atoms with van der Waals surface area (Å²) < 4.78 is 0. The van der Waals surface area contributed by atoms with Gasteiger partial charge in [0, 0.05) is 32.1 Å². The summed E-state index contributed by atoms with van der Waals surface area (Å²) in [6, 6.07) is 0. The zero-order chi connectivity index (χ0) is 11.5. The van der Waals surface area contributed by atoms with Crippen LogP contribution < -0.4 is 0 Å². The minimum Gasteiger partial charge on any atom is -0.340 e. The molecule has 0 radical (unpaired) electrons. The molecule has 2 aliphatic rings.